The lowest BCUT2D eigenvalue weighted by Crippen LogP contribution is -2.22. The third-order valence-corrected chi connectivity index (χ3v) is 3.06. The first-order chi connectivity index (χ1) is 8.67. The fourth-order valence-corrected chi connectivity index (χ4v) is 2.02. The van der Waals surface area contributed by atoms with Crippen LogP contribution >= 0.6 is 11.6 Å². The monoisotopic (exact) mass is 269 g/mol. The summed E-state index contributed by atoms with van der Waals surface area (Å²) >= 11 is 5.60. The molecule has 18 heavy (non-hydrogen) atoms. The van der Waals surface area contributed by atoms with Gasteiger partial charge in [0.25, 0.3) is 0 Å². The van der Waals surface area contributed by atoms with Gasteiger partial charge in [0.15, 0.2) is 5.78 Å². The summed E-state index contributed by atoms with van der Waals surface area (Å²) in [5, 5.41) is 0. The van der Waals surface area contributed by atoms with Gasteiger partial charge in [0.2, 0.25) is 0 Å². The van der Waals surface area contributed by atoms with E-state index >= 15 is 0 Å². The van der Waals surface area contributed by atoms with Gasteiger partial charge < -0.3 is 9.64 Å². The van der Waals surface area contributed by atoms with Crippen molar-refractivity contribution in [2.45, 2.75) is 20.8 Å². The summed E-state index contributed by atoms with van der Waals surface area (Å²) in [5.74, 6) is 0.490. The maximum Gasteiger partial charge on any atom is 0.181 e. The van der Waals surface area contributed by atoms with Crippen LogP contribution in [0.3, 0.4) is 0 Å². The minimum Gasteiger partial charge on any atom is -0.493 e. The lowest BCUT2D eigenvalue weighted by Gasteiger charge is -2.22. The Kier molecular flexibility index (Phi) is 5.99. The zero-order chi connectivity index (χ0) is 13.5. The van der Waals surface area contributed by atoms with E-state index in [1.165, 1.54) is 0 Å². The van der Waals surface area contributed by atoms with Crippen molar-refractivity contribution in [3.8, 4) is 5.75 Å². The quantitative estimate of drug-likeness (QED) is 0.562. The van der Waals surface area contributed by atoms with Crippen molar-refractivity contribution in [3.05, 3.63) is 23.8 Å². The summed E-state index contributed by atoms with van der Waals surface area (Å²) < 4.78 is 5.53. The molecule has 0 amide bonds. The third kappa shape index (κ3) is 3.39. The van der Waals surface area contributed by atoms with E-state index in [0.29, 0.717) is 17.9 Å². The van der Waals surface area contributed by atoms with E-state index in [9.17, 15) is 4.79 Å². The highest BCUT2D eigenvalue weighted by Gasteiger charge is 2.13. The van der Waals surface area contributed by atoms with E-state index in [-0.39, 0.29) is 11.7 Å². The Morgan fingerprint density at radius 3 is 2.44 bits per heavy atom. The van der Waals surface area contributed by atoms with E-state index < -0.39 is 0 Å². The molecule has 1 aromatic rings. The maximum absolute atomic E-state index is 11.7. The molecule has 0 fully saturated rings. The summed E-state index contributed by atoms with van der Waals surface area (Å²) in [6.45, 7) is 8.47. The van der Waals surface area contributed by atoms with Gasteiger partial charge in [-0.1, -0.05) is 0 Å². The molecule has 0 atom stereocenters. The van der Waals surface area contributed by atoms with Gasteiger partial charge in [0, 0.05) is 24.8 Å². The first kappa shape index (κ1) is 14.8. The third-order valence-electron chi connectivity index (χ3n) is 2.82. The van der Waals surface area contributed by atoms with E-state index in [2.05, 4.69) is 18.7 Å². The summed E-state index contributed by atoms with van der Waals surface area (Å²) in [6.07, 6.45) is 0. The molecule has 0 aromatic heterocycles. The van der Waals surface area contributed by atoms with Gasteiger partial charge in [-0.05, 0) is 32.9 Å². The van der Waals surface area contributed by atoms with Crippen LogP contribution in [0, 0.1) is 0 Å². The molecule has 0 aliphatic rings. The van der Waals surface area contributed by atoms with Crippen molar-refractivity contribution in [2.24, 2.45) is 0 Å². The number of ketones is 1. The van der Waals surface area contributed by atoms with Crippen LogP contribution in [0.25, 0.3) is 0 Å². The lowest BCUT2D eigenvalue weighted by molar-refractivity contribution is 0.101. The van der Waals surface area contributed by atoms with E-state index in [0.717, 1.165) is 18.8 Å². The van der Waals surface area contributed by atoms with Crippen LogP contribution in [0.1, 0.15) is 31.1 Å². The minimum atomic E-state index is -0.105. The first-order valence-electron chi connectivity index (χ1n) is 6.28. The van der Waals surface area contributed by atoms with Gasteiger partial charge in [-0.15, -0.1) is 11.6 Å². The summed E-state index contributed by atoms with van der Waals surface area (Å²) in [6, 6.07) is 5.65. The molecule has 0 bridgehead atoms. The topological polar surface area (TPSA) is 29.5 Å². The van der Waals surface area contributed by atoms with Crippen molar-refractivity contribution >= 4 is 23.1 Å². The number of Topliss-reactive ketones (excluding diaryl/α,β-unsaturated/α-hetero) is 1. The summed E-state index contributed by atoms with van der Waals surface area (Å²) in [5.41, 5.74) is 1.62. The molecule has 0 aliphatic carbocycles. The van der Waals surface area contributed by atoms with Crippen molar-refractivity contribution in [2.75, 3.05) is 30.5 Å². The standard InChI is InChI=1S/C14H20ClNO2/c1-4-16(5-2)11-7-8-12(13(17)10-15)14(9-11)18-6-3/h7-9H,4-6,10H2,1-3H3. The van der Waals surface area contributed by atoms with Crippen LogP contribution in [-0.4, -0.2) is 31.4 Å². The maximum atomic E-state index is 11.7. The molecular formula is C14H20ClNO2. The van der Waals surface area contributed by atoms with Crippen LogP contribution in [0.5, 0.6) is 5.75 Å². The molecular weight excluding hydrogens is 250 g/mol. The van der Waals surface area contributed by atoms with Crippen LogP contribution in [0.15, 0.2) is 18.2 Å². The number of hydrogen-bond acceptors (Lipinski definition) is 3. The number of anilines is 1. The van der Waals surface area contributed by atoms with Crippen LogP contribution in [0.2, 0.25) is 0 Å². The molecule has 0 saturated heterocycles. The smallest absolute Gasteiger partial charge is 0.181 e. The normalized spacial score (nSPS) is 10.2. The molecule has 0 radical (unpaired) electrons. The van der Waals surface area contributed by atoms with Crippen molar-refractivity contribution < 1.29 is 9.53 Å². The van der Waals surface area contributed by atoms with Gasteiger partial charge in [-0.3, -0.25) is 4.79 Å². The molecule has 1 aromatic carbocycles. The highest BCUT2D eigenvalue weighted by molar-refractivity contribution is 6.30. The average molecular weight is 270 g/mol. The Morgan fingerprint density at radius 2 is 1.94 bits per heavy atom. The van der Waals surface area contributed by atoms with Gasteiger partial charge in [-0.25, -0.2) is 0 Å². The summed E-state index contributed by atoms with van der Waals surface area (Å²) in [4.78, 5) is 13.9. The van der Waals surface area contributed by atoms with E-state index in [4.69, 9.17) is 16.3 Å². The zero-order valence-corrected chi connectivity index (χ0v) is 12.0. The Morgan fingerprint density at radius 1 is 1.28 bits per heavy atom. The molecule has 3 nitrogen and oxygen atoms in total. The molecule has 0 unspecified atom stereocenters. The number of benzene rings is 1. The van der Waals surface area contributed by atoms with Crippen molar-refractivity contribution in [1.29, 1.82) is 0 Å². The SMILES string of the molecule is CCOc1cc(N(CC)CC)ccc1C(=O)CCl. The largest absolute Gasteiger partial charge is 0.493 e. The predicted molar refractivity (Wildman–Crippen MR) is 76.2 cm³/mol. The number of nitrogens with zero attached hydrogens (tertiary/aromatic N) is 1. The van der Waals surface area contributed by atoms with Crippen molar-refractivity contribution in [3.63, 3.8) is 0 Å². The second-order valence-electron chi connectivity index (χ2n) is 3.84. The number of hydrogen-bond donors (Lipinski definition) is 0. The number of halogens is 1. The Bertz CT molecular complexity index is 403. The van der Waals surface area contributed by atoms with Crippen LogP contribution in [0.4, 0.5) is 5.69 Å². The Balaban J connectivity index is 3.13. The molecule has 1 rings (SSSR count). The van der Waals surface area contributed by atoms with Crippen LogP contribution < -0.4 is 9.64 Å². The fraction of sp³-hybridized carbons (Fsp3) is 0.500. The number of carbonyl (C=O) groups excluding carboxylic acids is 1. The van der Waals surface area contributed by atoms with E-state index in [1.807, 2.05) is 19.1 Å². The van der Waals surface area contributed by atoms with Gasteiger partial charge in [0.1, 0.15) is 5.75 Å². The minimum absolute atomic E-state index is 0.0231. The second-order valence-corrected chi connectivity index (χ2v) is 4.11. The second kappa shape index (κ2) is 7.27. The molecule has 0 saturated carbocycles. The summed E-state index contributed by atoms with van der Waals surface area (Å²) in [7, 11) is 0. The average Bonchev–Trinajstić information content (AvgIpc) is 2.40. The molecule has 0 spiro atoms. The molecule has 0 aliphatic heterocycles. The molecule has 100 valence electrons. The van der Waals surface area contributed by atoms with Gasteiger partial charge in [0.05, 0.1) is 18.1 Å². The van der Waals surface area contributed by atoms with Gasteiger partial charge in [-0.2, -0.15) is 0 Å². The van der Waals surface area contributed by atoms with Crippen LogP contribution in [-0.2, 0) is 0 Å². The lowest BCUT2D eigenvalue weighted by atomic mass is 10.1. The highest BCUT2D eigenvalue weighted by atomic mass is 35.5. The molecule has 4 heteroatoms. The number of rotatable bonds is 7. The zero-order valence-electron chi connectivity index (χ0n) is 11.2. The molecule has 0 heterocycles. The number of carbonyl (C=O) groups is 1. The predicted octanol–water partition coefficient (Wildman–Crippen LogP) is 3.35. The number of alkyl halides is 1. The fourth-order valence-electron chi connectivity index (χ4n) is 1.87. The Labute approximate surface area is 114 Å². The number of ether oxygens (including phenoxy) is 1. The Hall–Kier alpha value is -1.22. The highest BCUT2D eigenvalue weighted by Crippen LogP contribution is 2.26. The molecule has 0 N–H and O–H groups in total. The first-order valence-corrected chi connectivity index (χ1v) is 6.82. The van der Waals surface area contributed by atoms with E-state index in [1.54, 1.807) is 6.07 Å². The van der Waals surface area contributed by atoms with Crippen molar-refractivity contribution in [1.82, 2.24) is 0 Å². The van der Waals surface area contributed by atoms with Gasteiger partial charge >= 0.3 is 0 Å².